The smallest absolute Gasteiger partial charge is 0.169 e. The summed E-state index contributed by atoms with van der Waals surface area (Å²) in [7, 11) is 1.78. The molecule has 5 heterocycles. The van der Waals surface area contributed by atoms with E-state index >= 15 is 0 Å². The number of carbonyl (C=O) groups is 1. The van der Waals surface area contributed by atoms with E-state index in [1.807, 2.05) is 31.3 Å². The zero-order chi connectivity index (χ0) is 24.7. The minimum absolute atomic E-state index is 0.0663. The summed E-state index contributed by atoms with van der Waals surface area (Å²) >= 11 is 1.47. The van der Waals surface area contributed by atoms with Crippen LogP contribution in [0, 0.1) is 5.92 Å². The summed E-state index contributed by atoms with van der Waals surface area (Å²) in [5.74, 6) is 6.65. The zero-order valence-electron chi connectivity index (χ0n) is 20.2. The fourth-order valence-electron chi connectivity index (χ4n) is 4.83. The summed E-state index contributed by atoms with van der Waals surface area (Å²) < 4.78 is 7.87. The first-order valence-corrected chi connectivity index (χ1v) is 12.6. The van der Waals surface area contributed by atoms with Crippen LogP contribution in [0.5, 0.6) is 0 Å². The summed E-state index contributed by atoms with van der Waals surface area (Å²) in [5, 5.41) is 2.53. The van der Waals surface area contributed by atoms with Crippen molar-refractivity contribution in [3.8, 4) is 10.6 Å². The van der Waals surface area contributed by atoms with Gasteiger partial charge in [0.15, 0.2) is 5.78 Å². The molecule has 4 N–H and O–H groups in total. The van der Waals surface area contributed by atoms with E-state index in [-0.39, 0.29) is 5.78 Å². The molecule has 0 unspecified atom stereocenters. The van der Waals surface area contributed by atoms with Gasteiger partial charge in [-0.1, -0.05) is 0 Å². The number of hydrogen-bond donors (Lipinski definition) is 2. The van der Waals surface area contributed by atoms with Gasteiger partial charge in [-0.3, -0.25) is 9.78 Å². The van der Waals surface area contributed by atoms with E-state index in [1.54, 1.807) is 14.0 Å². The minimum Gasteiger partial charge on any atom is -0.401 e. The summed E-state index contributed by atoms with van der Waals surface area (Å²) in [6, 6.07) is 10.0. The van der Waals surface area contributed by atoms with Gasteiger partial charge in [0.25, 0.3) is 0 Å². The Kier molecular flexibility index (Phi) is 6.31. The van der Waals surface area contributed by atoms with Crippen molar-refractivity contribution in [2.75, 3.05) is 20.3 Å². The third-order valence-electron chi connectivity index (χ3n) is 6.53. The SMILES string of the molecule is CC(=O)c1ccc(-c2ccc3c4ncc(/C(=C(\C)N)N(C)N)cc4n(CC4CCOCC4)c3n2)s1. The van der Waals surface area contributed by atoms with Gasteiger partial charge in [0, 0.05) is 49.6 Å². The molecule has 1 aliphatic rings. The number of nitrogens with two attached hydrogens (primary N) is 2. The predicted octanol–water partition coefficient (Wildman–Crippen LogP) is 4.39. The van der Waals surface area contributed by atoms with Crippen molar-refractivity contribution < 1.29 is 9.53 Å². The van der Waals surface area contributed by atoms with Crippen LogP contribution in [0.2, 0.25) is 0 Å². The standard InChI is InChI=1S/C26H30N6O2S/c1-15(27)25(31(3)28)18-12-21-24(29-13-18)19-4-5-20(23-7-6-22(35-23)16(2)33)30-26(19)32(21)14-17-8-10-34-11-9-17/h4-7,12-13,17H,8-11,14,27-28H2,1-3H3/b25-15-. The van der Waals surface area contributed by atoms with E-state index in [9.17, 15) is 4.79 Å². The Morgan fingerprint density at radius 3 is 2.66 bits per heavy atom. The van der Waals surface area contributed by atoms with E-state index in [0.717, 1.165) is 81.4 Å². The largest absolute Gasteiger partial charge is 0.401 e. The highest BCUT2D eigenvalue weighted by Gasteiger charge is 2.21. The second kappa shape index (κ2) is 9.41. The zero-order valence-corrected chi connectivity index (χ0v) is 21.1. The van der Waals surface area contributed by atoms with Crippen LogP contribution in [0.25, 0.3) is 38.3 Å². The minimum atomic E-state index is 0.0663. The van der Waals surface area contributed by atoms with Crippen molar-refractivity contribution in [3.05, 3.63) is 52.7 Å². The number of ketones is 1. The van der Waals surface area contributed by atoms with Crippen LogP contribution in [0.3, 0.4) is 0 Å². The molecule has 182 valence electrons. The molecule has 0 amide bonds. The number of pyridine rings is 2. The number of carbonyl (C=O) groups excluding carboxylic acids is 1. The maximum absolute atomic E-state index is 11.8. The number of thiophene rings is 1. The molecule has 1 fully saturated rings. The van der Waals surface area contributed by atoms with E-state index < -0.39 is 0 Å². The molecular formula is C26H30N6O2S. The molecule has 0 aromatic carbocycles. The van der Waals surface area contributed by atoms with Gasteiger partial charge in [-0.2, -0.15) is 0 Å². The predicted molar refractivity (Wildman–Crippen MR) is 141 cm³/mol. The van der Waals surface area contributed by atoms with Gasteiger partial charge in [-0.15, -0.1) is 11.3 Å². The first-order chi connectivity index (χ1) is 16.8. The molecule has 4 aromatic rings. The molecule has 0 atom stereocenters. The van der Waals surface area contributed by atoms with E-state index in [4.69, 9.17) is 26.3 Å². The quantitative estimate of drug-likeness (QED) is 0.234. The van der Waals surface area contributed by atoms with Gasteiger partial charge < -0.3 is 20.0 Å². The molecule has 0 radical (unpaired) electrons. The topological polar surface area (TPSA) is 112 Å². The monoisotopic (exact) mass is 490 g/mol. The van der Waals surface area contributed by atoms with Crippen LogP contribution in [0.4, 0.5) is 0 Å². The molecule has 9 heteroatoms. The van der Waals surface area contributed by atoms with Crippen LogP contribution in [-0.4, -0.2) is 45.6 Å². The van der Waals surface area contributed by atoms with Crippen LogP contribution in [-0.2, 0) is 11.3 Å². The van der Waals surface area contributed by atoms with Crippen molar-refractivity contribution in [2.45, 2.75) is 33.2 Å². The number of fused-ring (bicyclic) bond motifs is 3. The molecule has 0 saturated carbocycles. The molecular weight excluding hydrogens is 460 g/mol. The number of aromatic nitrogens is 3. The van der Waals surface area contributed by atoms with Gasteiger partial charge in [0.2, 0.25) is 0 Å². The number of Topliss-reactive ketones (excluding diaryl/α,β-unsaturated/α-hetero) is 1. The van der Waals surface area contributed by atoms with E-state index in [0.29, 0.717) is 11.6 Å². The second-order valence-corrected chi connectivity index (χ2v) is 10.3. The van der Waals surface area contributed by atoms with Crippen molar-refractivity contribution in [2.24, 2.45) is 17.5 Å². The fourth-order valence-corrected chi connectivity index (χ4v) is 5.70. The summed E-state index contributed by atoms with van der Waals surface area (Å²) in [6.45, 7) is 5.82. The lowest BCUT2D eigenvalue weighted by Crippen LogP contribution is -2.26. The Hall–Kier alpha value is -3.27. The third kappa shape index (κ3) is 4.42. The highest BCUT2D eigenvalue weighted by Crippen LogP contribution is 2.34. The average molecular weight is 491 g/mol. The lowest BCUT2D eigenvalue weighted by molar-refractivity contribution is 0.0619. The highest BCUT2D eigenvalue weighted by molar-refractivity contribution is 7.17. The van der Waals surface area contributed by atoms with Crippen molar-refractivity contribution in [1.29, 1.82) is 0 Å². The van der Waals surface area contributed by atoms with E-state index in [2.05, 4.69) is 16.7 Å². The normalized spacial score (nSPS) is 15.5. The maximum Gasteiger partial charge on any atom is 0.169 e. The maximum atomic E-state index is 11.8. The van der Waals surface area contributed by atoms with Crippen molar-refractivity contribution in [1.82, 2.24) is 19.5 Å². The first-order valence-electron chi connectivity index (χ1n) is 11.8. The summed E-state index contributed by atoms with van der Waals surface area (Å²) in [4.78, 5) is 23.5. The fraction of sp³-hybridized carbons (Fsp3) is 0.346. The Balaban J connectivity index is 1.70. The molecule has 0 aliphatic carbocycles. The number of nitrogens with zero attached hydrogens (tertiary/aromatic N) is 4. The van der Waals surface area contributed by atoms with Crippen LogP contribution >= 0.6 is 11.3 Å². The van der Waals surface area contributed by atoms with Crippen molar-refractivity contribution in [3.63, 3.8) is 0 Å². The third-order valence-corrected chi connectivity index (χ3v) is 7.74. The Morgan fingerprint density at radius 1 is 1.23 bits per heavy atom. The van der Waals surface area contributed by atoms with Gasteiger partial charge >= 0.3 is 0 Å². The van der Waals surface area contributed by atoms with Gasteiger partial charge in [0.05, 0.1) is 32.2 Å². The molecule has 1 saturated heterocycles. The van der Waals surface area contributed by atoms with Gasteiger partial charge in [0.1, 0.15) is 5.65 Å². The number of rotatable bonds is 6. The molecule has 0 spiro atoms. The first kappa shape index (κ1) is 23.5. The van der Waals surface area contributed by atoms with Crippen molar-refractivity contribution >= 4 is 44.9 Å². The summed E-state index contributed by atoms with van der Waals surface area (Å²) in [6.07, 6.45) is 3.85. The highest BCUT2D eigenvalue weighted by atomic mass is 32.1. The van der Waals surface area contributed by atoms with Crippen LogP contribution in [0.1, 0.15) is 41.9 Å². The molecule has 1 aliphatic heterocycles. The Bertz CT molecular complexity index is 1440. The lowest BCUT2D eigenvalue weighted by Gasteiger charge is -2.23. The van der Waals surface area contributed by atoms with Crippen LogP contribution in [0.15, 0.2) is 42.2 Å². The van der Waals surface area contributed by atoms with Gasteiger partial charge in [-0.05, 0) is 62.9 Å². The molecule has 5 rings (SSSR count). The Labute approximate surface area is 208 Å². The van der Waals surface area contributed by atoms with Crippen LogP contribution < -0.4 is 11.6 Å². The number of ether oxygens (including phenoxy) is 1. The number of allylic oxidation sites excluding steroid dienone is 1. The Morgan fingerprint density at radius 2 is 2.00 bits per heavy atom. The lowest BCUT2D eigenvalue weighted by atomic mass is 10.0. The molecule has 8 nitrogen and oxygen atoms in total. The number of hydrogen-bond acceptors (Lipinski definition) is 8. The number of hydrazine groups is 1. The summed E-state index contributed by atoms with van der Waals surface area (Å²) in [5.41, 5.74) is 12.0. The molecule has 4 aromatic heterocycles. The average Bonchev–Trinajstić information content (AvgIpc) is 3.43. The van der Waals surface area contributed by atoms with Gasteiger partial charge in [-0.25, -0.2) is 10.8 Å². The second-order valence-electron chi connectivity index (χ2n) is 9.19. The molecule has 35 heavy (non-hydrogen) atoms. The van der Waals surface area contributed by atoms with E-state index in [1.165, 1.54) is 16.3 Å². The molecule has 0 bridgehead atoms.